The summed E-state index contributed by atoms with van der Waals surface area (Å²) in [6.07, 6.45) is 0.670. The van der Waals surface area contributed by atoms with Crippen molar-refractivity contribution in [3.05, 3.63) is 0 Å². The average Bonchev–Trinajstić information content (AvgIpc) is 2.59. The summed E-state index contributed by atoms with van der Waals surface area (Å²) >= 11 is 0. The van der Waals surface area contributed by atoms with Crippen molar-refractivity contribution < 1.29 is 22.7 Å². The van der Waals surface area contributed by atoms with Gasteiger partial charge in [0, 0.05) is 39.4 Å². The summed E-state index contributed by atoms with van der Waals surface area (Å²) in [5.41, 5.74) is 0. The van der Waals surface area contributed by atoms with Crippen LogP contribution < -0.4 is 0 Å². The number of nitriles is 1. The maximum atomic E-state index is 12.1. The Kier molecular flexibility index (Phi) is 13.9. The first-order valence-corrected chi connectivity index (χ1v) is 11.7. The minimum absolute atomic E-state index is 0.273. The lowest BCUT2D eigenvalue weighted by Crippen LogP contribution is -2.34. The molecule has 26 heavy (non-hydrogen) atoms. The summed E-state index contributed by atoms with van der Waals surface area (Å²) in [6, 6.07) is 2.64. The second-order valence-electron chi connectivity index (χ2n) is 6.38. The second kappa shape index (κ2) is 14.0. The van der Waals surface area contributed by atoms with Crippen LogP contribution in [0, 0.1) is 11.3 Å². The number of hydrogen-bond acceptors (Lipinski definition) is 8. The number of likely N-dealkylation sites (N-methyl/N-ethyl adjacent to an activating group) is 1. The molecule has 0 spiro atoms. The zero-order valence-corrected chi connectivity index (χ0v) is 19.0. The first-order valence-electron chi connectivity index (χ1n) is 8.81. The van der Waals surface area contributed by atoms with Gasteiger partial charge in [0.1, 0.15) is 0 Å². The monoisotopic (exact) mass is 411 g/mol. The molecule has 0 aromatic carbocycles. The molecule has 154 valence electrons. The number of nitrogens with zero attached hydrogens (tertiary/aromatic N) is 3. The molecule has 0 aromatic heterocycles. The molecule has 0 N–H and O–H groups in total. The Bertz CT molecular complexity index is 444. The van der Waals surface area contributed by atoms with Gasteiger partial charge in [0.05, 0.1) is 31.9 Å². The smallest absolute Gasteiger partial charge is 0.321 e. The minimum atomic E-state index is -2.99. The Morgan fingerprint density at radius 3 is 2.04 bits per heavy atom. The molecule has 8 nitrogen and oxygen atoms in total. The van der Waals surface area contributed by atoms with E-state index in [-0.39, 0.29) is 12.1 Å². The third-order valence-corrected chi connectivity index (χ3v) is 7.62. The zero-order valence-electron chi connectivity index (χ0n) is 17.2. The molecule has 0 aliphatic heterocycles. The first kappa shape index (κ1) is 25.9. The van der Waals surface area contributed by atoms with Crippen LogP contribution in [0.3, 0.4) is 0 Å². The molecule has 0 amide bonds. The summed E-state index contributed by atoms with van der Waals surface area (Å²) in [5, 5.41) is 8.72. The van der Waals surface area contributed by atoms with E-state index in [1.165, 1.54) is 14.2 Å². The largest absolute Gasteiger partial charge is 0.331 e. The molecule has 0 saturated carbocycles. The normalized spacial score (nSPS) is 13.8. The van der Waals surface area contributed by atoms with E-state index in [1.807, 2.05) is 11.9 Å². The molecule has 0 bridgehead atoms. The van der Waals surface area contributed by atoms with Crippen molar-refractivity contribution in [3.8, 4) is 6.07 Å². The SMILES string of the molecule is COP(=O)(CCN(C)CCOP(OCCC#N)N(C(C)C)C(C)C)OC. The molecule has 1 unspecified atom stereocenters. The highest BCUT2D eigenvalue weighted by molar-refractivity contribution is 7.53. The van der Waals surface area contributed by atoms with Crippen LogP contribution >= 0.6 is 16.1 Å². The molecule has 0 radical (unpaired) electrons. The van der Waals surface area contributed by atoms with Crippen molar-refractivity contribution in [2.45, 2.75) is 46.2 Å². The van der Waals surface area contributed by atoms with E-state index in [0.29, 0.717) is 38.9 Å². The average molecular weight is 411 g/mol. The minimum Gasteiger partial charge on any atom is -0.321 e. The van der Waals surface area contributed by atoms with Crippen molar-refractivity contribution in [1.29, 1.82) is 5.26 Å². The molecule has 1 atom stereocenters. The van der Waals surface area contributed by atoms with Crippen LogP contribution in [0.25, 0.3) is 0 Å². The summed E-state index contributed by atoms with van der Waals surface area (Å²) in [6.45, 7) is 10.5. The van der Waals surface area contributed by atoms with E-state index in [9.17, 15) is 4.57 Å². The zero-order chi connectivity index (χ0) is 20.2. The summed E-state index contributed by atoms with van der Waals surface area (Å²) < 4.78 is 36.0. The van der Waals surface area contributed by atoms with Crippen LogP contribution in [0.1, 0.15) is 34.1 Å². The van der Waals surface area contributed by atoms with E-state index >= 15 is 0 Å². The van der Waals surface area contributed by atoms with Crippen LogP contribution in [-0.4, -0.2) is 75.4 Å². The highest BCUT2D eigenvalue weighted by Crippen LogP contribution is 2.46. The fourth-order valence-corrected chi connectivity index (χ4v) is 4.93. The Morgan fingerprint density at radius 1 is 1.04 bits per heavy atom. The summed E-state index contributed by atoms with van der Waals surface area (Å²) in [7, 11) is 0.500. The molecule has 0 heterocycles. The van der Waals surface area contributed by atoms with Crippen molar-refractivity contribution in [1.82, 2.24) is 9.57 Å². The standard InChI is InChI=1S/C16H35N3O5P2/c1-15(2)19(16(3)4)25(23-12-8-9-17)24-13-10-18(5)11-14-26(20,21-6)22-7/h15-16H,8,10-14H2,1-7H3. The van der Waals surface area contributed by atoms with Crippen molar-refractivity contribution in [2.75, 3.05) is 53.7 Å². The lowest BCUT2D eigenvalue weighted by Gasteiger charge is -2.35. The molecule has 0 aromatic rings. The van der Waals surface area contributed by atoms with E-state index in [4.69, 9.17) is 23.4 Å². The number of hydrogen-bond donors (Lipinski definition) is 0. The van der Waals surface area contributed by atoms with E-state index in [1.54, 1.807) is 0 Å². The predicted octanol–water partition coefficient (Wildman–Crippen LogP) is 3.70. The predicted molar refractivity (Wildman–Crippen MR) is 105 cm³/mol. The van der Waals surface area contributed by atoms with Gasteiger partial charge in [-0.15, -0.1) is 0 Å². The fraction of sp³-hybridized carbons (Fsp3) is 0.938. The van der Waals surface area contributed by atoms with Gasteiger partial charge in [0.2, 0.25) is 0 Å². The summed E-state index contributed by atoms with van der Waals surface area (Å²) in [4.78, 5) is 2.02. The summed E-state index contributed by atoms with van der Waals surface area (Å²) in [5.74, 6) is 0. The lowest BCUT2D eigenvalue weighted by molar-refractivity contribution is 0.162. The fourth-order valence-electron chi connectivity index (χ4n) is 2.25. The molecule has 0 fully saturated rings. The maximum absolute atomic E-state index is 12.1. The molecular formula is C16H35N3O5P2. The van der Waals surface area contributed by atoms with E-state index in [2.05, 4.69) is 38.4 Å². The Labute approximate surface area is 160 Å². The maximum Gasteiger partial charge on any atom is 0.331 e. The van der Waals surface area contributed by atoms with E-state index in [0.717, 1.165) is 0 Å². The molecule has 10 heteroatoms. The van der Waals surface area contributed by atoms with Crippen LogP contribution in [0.5, 0.6) is 0 Å². The van der Waals surface area contributed by atoms with Gasteiger partial charge in [-0.1, -0.05) is 0 Å². The van der Waals surface area contributed by atoms with Crippen molar-refractivity contribution >= 4 is 16.1 Å². The van der Waals surface area contributed by atoms with Gasteiger partial charge < -0.3 is 23.0 Å². The quantitative estimate of drug-likeness (QED) is 0.298. The Morgan fingerprint density at radius 2 is 1.58 bits per heavy atom. The third kappa shape index (κ3) is 10.3. The highest BCUT2D eigenvalue weighted by Gasteiger charge is 2.27. The van der Waals surface area contributed by atoms with Gasteiger partial charge in [0.15, 0.2) is 0 Å². The van der Waals surface area contributed by atoms with Gasteiger partial charge >= 0.3 is 7.60 Å². The molecule has 0 saturated heterocycles. The topological polar surface area (TPSA) is 84.3 Å². The number of rotatable bonds is 15. The van der Waals surface area contributed by atoms with Gasteiger partial charge in [-0.05, 0) is 34.7 Å². The van der Waals surface area contributed by atoms with Crippen molar-refractivity contribution in [3.63, 3.8) is 0 Å². The van der Waals surface area contributed by atoms with Gasteiger partial charge in [-0.3, -0.25) is 4.57 Å². The Balaban J connectivity index is 4.54. The molecular weight excluding hydrogens is 376 g/mol. The van der Waals surface area contributed by atoms with Gasteiger partial charge in [-0.2, -0.15) is 5.26 Å². The van der Waals surface area contributed by atoms with Crippen LogP contribution in [-0.2, 0) is 22.7 Å². The molecule has 0 rings (SSSR count). The van der Waals surface area contributed by atoms with Crippen LogP contribution in [0.2, 0.25) is 0 Å². The lowest BCUT2D eigenvalue weighted by atomic mass is 10.3. The first-order chi connectivity index (χ1) is 12.2. The van der Waals surface area contributed by atoms with Crippen LogP contribution in [0.15, 0.2) is 0 Å². The Hall–Kier alpha value is -0.0900. The van der Waals surface area contributed by atoms with Crippen molar-refractivity contribution in [2.24, 2.45) is 0 Å². The molecule has 0 aliphatic carbocycles. The molecule has 0 aliphatic rings. The second-order valence-corrected chi connectivity index (χ2v) is 10.2. The highest BCUT2D eigenvalue weighted by atomic mass is 31.2. The van der Waals surface area contributed by atoms with E-state index < -0.39 is 16.1 Å². The van der Waals surface area contributed by atoms with Crippen LogP contribution in [0.4, 0.5) is 0 Å². The van der Waals surface area contributed by atoms with Gasteiger partial charge in [-0.25, -0.2) is 4.67 Å². The third-order valence-electron chi connectivity index (χ3n) is 3.65. The van der Waals surface area contributed by atoms with Gasteiger partial charge in [0.25, 0.3) is 8.53 Å².